The average Bonchev–Trinajstić information content (AvgIpc) is 3.07. The van der Waals surface area contributed by atoms with Crippen molar-refractivity contribution in [2.24, 2.45) is 10.9 Å². The summed E-state index contributed by atoms with van der Waals surface area (Å²) in [5.74, 6) is 1.55. The van der Waals surface area contributed by atoms with Crippen molar-refractivity contribution in [3.63, 3.8) is 0 Å². The van der Waals surface area contributed by atoms with Gasteiger partial charge in [0.1, 0.15) is 11.6 Å². The fourth-order valence-corrected chi connectivity index (χ4v) is 2.97. The number of aromatic nitrogens is 2. The zero-order chi connectivity index (χ0) is 12.7. The molecule has 1 aliphatic heterocycles. The van der Waals surface area contributed by atoms with E-state index >= 15 is 0 Å². The van der Waals surface area contributed by atoms with Crippen molar-refractivity contribution in [2.45, 2.75) is 19.3 Å². The highest BCUT2D eigenvalue weighted by atomic mass is 32.2. The summed E-state index contributed by atoms with van der Waals surface area (Å²) < 4.78 is 0.280. The topological polar surface area (TPSA) is 78.1 Å². The summed E-state index contributed by atoms with van der Waals surface area (Å²) in [6, 6.07) is 0. The first-order valence-corrected chi connectivity index (χ1v) is 7.11. The zero-order valence-corrected chi connectivity index (χ0v) is 11.1. The number of carbonyl (C=O) groups is 1. The Morgan fingerprint density at radius 1 is 1.44 bits per heavy atom. The molecule has 0 saturated heterocycles. The molecule has 1 aromatic heterocycles. The van der Waals surface area contributed by atoms with E-state index in [0.717, 1.165) is 17.9 Å². The number of ketones is 1. The van der Waals surface area contributed by atoms with Crippen molar-refractivity contribution in [2.75, 3.05) is 5.75 Å². The van der Waals surface area contributed by atoms with Gasteiger partial charge in [-0.2, -0.15) is 0 Å². The zero-order valence-electron chi connectivity index (χ0n) is 9.49. The molecule has 0 atom stereocenters. The molecule has 5 nitrogen and oxygen atoms in total. The van der Waals surface area contributed by atoms with Gasteiger partial charge in [-0.1, -0.05) is 0 Å². The van der Waals surface area contributed by atoms with E-state index in [9.17, 15) is 9.59 Å². The van der Waals surface area contributed by atoms with Crippen molar-refractivity contribution < 1.29 is 4.79 Å². The molecule has 7 heteroatoms. The summed E-state index contributed by atoms with van der Waals surface area (Å²) in [5.41, 5.74) is 0.409. The maximum atomic E-state index is 11.6. The maximum Gasteiger partial charge on any atom is 0.257 e. The molecule has 0 bridgehead atoms. The molecule has 0 radical (unpaired) electrons. The van der Waals surface area contributed by atoms with Crippen LogP contribution in [0.4, 0.5) is 5.82 Å². The van der Waals surface area contributed by atoms with Gasteiger partial charge in [0.05, 0.1) is 16.4 Å². The molecule has 0 amide bonds. The molecule has 1 aliphatic carbocycles. The first kappa shape index (κ1) is 11.9. The van der Waals surface area contributed by atoms with E-state index in [4.69, 9.17) is 12.2 Å². The number of rotatable bonds is 3. The predicted molar refractivity (Wildman–Crippen MR) is 73.2 cm³/mol. The SMILES string of the molecule is O=C(CSC1=Nc2[nH]c(=S)[nH]c(=O)c2C1)C1CC1. The Balaban J connectivity index is 1.72. The standard InChI is InChI=1S/C11H11N3O2S2/c15-7(5-1-2-5)4-18-8-3-6-9(12-8)13-11(17)14-10(6)16/h5H,1-4H2,(H2,13,14,16,17). The van der Waals surface area contributed by atoms with Crippen LogP contribution in [0.2, 0.25) is 0 Å². The second kappa shape index (κ2) is 4.47. The molecule has 0 spiro atoms. The number of Topliss-reactive ketones (excluding diaryl/α,β-unsaturated/α-hetero) is 1. The Bertz CT molecular complexity index is 655. The minimum Gasteiger partial charge on any atom is -0.317 e. The van der Waals surface area contributed by atoms with Gasteiger partial charge in [0.25, 0.3) is 5.56 Å². The highest BCUT2D eigenvalue weighted by molar-refractivity contribution is 8.14. The molecule has 0 unspecified atom stereocenters. The fraction of sp³-hybridized carbons (Fsp3) is 0.455. The van der Waals surface area contributed by atoms with E-state index in [2.05, 4.69) is 15.0 Å². The lowest BCUT2D eigenvalue weighted by Crippen LogP contribution is -2.13. The quantitative estimate of drug-likeness (QED) is 0.827. The van der Waals surface area contributed by atoms with Crippen LogP contribution < -0.4 is 5.56 Å². The second-order valence-corrected chi connectivity index (χ2v) is 5.90. The first-order valence-electron chi connectivity index (χ1n) is 5.72. The third kappa shape index (κ3) is 2.32. The monoisotopic (exact) mass is 281 g/mol. The molecule has 1 saturated carbocycles. The molecule has 2 heterocycles. The van der Waals surface area contributed by atoms with Crippen LogP contribution in [0, 0.1) is 10.7 Å². The smallest absolute Gasteiger partial charge is 0.257 e. The highest BCUT2D eigenvalue weighted by Gasteiger charge is 2.30. The van der Waals surface area contributed by atoms with Crippen LogP contribution >= 0.6 is 24.0 Å². The van der Waals surface area contributed by atoms with E-state index < -0.39 is 0 Å². The fourth-order valence-electron chi connectivity index (χ4n) is 1.84. The number of H-pyrrole nitrogens is 2. The van der Waals surface area contributed by atoms with Gasteiger partial charge < -0.3 is 4.98 Å². The van der Waals surface area contributed by atoms with Crippen molar-refractivity contribution in [3.8, 4) is 0 Å². The molecule has 2 aliphatic rings. The van der Waals surface area contributed by atoms with Crippen molar-refractivity contribution in [1.82, 2.24) is 9.97 Å². The summed E-state index contributed by atoms with van der Waals surface area (Å²) in [6.45, 7) is 0. The molecular formula is C11H11N3O2S2. The highest BCUT2D eigenvalue weighted by Crippen LogP contribution is 2.32. The Hall–Kier alpha value is -1.21. The number of nitrogens with one attached hydrogen (secondary N) is 2. The molecule has 3 rings (SSSR count). The lowest BCUT2D eigenvalue weighted by Gasteiger charge is -1.98. The van der Waals surface area contributed by atoms with E-state index in [1.807, 2.05) is 0 Å². The van der Waals surface area contributed by atoms with Gasteiger partial charge in [0.15, 0.2) is 4.77 Å². The summed E-state index contributed by atoms with van der Waals surface area (Å²) >= 11 is 6.31. The number of hydrogen-bond acceptors (Lipinski definition) is 5. The van der Waals surface area contributed by atoms with E-state index in [0.29, 0.717) is 29.3 Å². The number of nitrogens with zero attached hydrogens (tertiary/aromatic N) is 1. The van der Waals surface area contributed by atoms with Crippen LogP contribution in [0.1, 0.15) is 18.4 Å². The average molecular weight is 281 g/mol. The Morgan fingerprint density at radius 2 is 2.22 bits per heavy atom. The predicted octanol–water partition coefficient (Wildman–Crippen LogP) is 1.73. The number of aromatic amines is 2. The van der Waals surface area contributed by atoms with Crippen LogP contribution in [0.25, 0.3) is 0 Å². The van der Waals surface area contributed by atoms with Gasteiger partial charge >= 0.3 is 0 Å². The number of thioether (sulfide) groups is 1. The van der Waals surface area contributed by atoms with Gasteiger partial charge in [0, 0.05) is 12.3 Å². The number of fused-ring (bicyclic) bond motifs is 1. The largest absolute Gasteiger partial charge is 0.317 e. The molecule has 1 aromatic rings. The van der Waals surface area contributed by atoms with Crippen LogP contribution in [0.5, 0.6) is 0 Å². The third-order valence-corrected chi connectivity index (χ3v) is 4.20. The van der Waals surface area contributed by atoms with Crippen LogP contribution in [0.15, 0.2) is 9.79 Å². The molecule has 94 valence electrons. The van der Waals surface area contributed by atoms with Gasteiger partial charge in [-0.15, -0.1) is 11.8 Å². The van der Waals surface area contributed by atoms with Gasteiger partial charge in [0.2, 0.25) is 0 Å². The van der Waals surface area contributed by atoms with E-state index in [1.165, 1.54) is 11.8 Å². The van der Waals surface area contributed by atoms with E-state index in [-0.39, 0.29) is 16.2 Å². The number of aliphatic imine (C=N–C) groups is 1. The van der Waals surface area contributed by atoms with Crippen molar-refractivity contribution in [3.05, 3.63) is 20.7 Å². The summed E-state index contributed by atoms with van der Waals surface area (Å²) in [7, 11) is 0. The number of hydrogen-bond donors (Lipinski definition) is 2. The Labute approximate surface area is 112 Å². The molecule has 0 aromatic carbocycles. The third-order valence-electron chi connectivity index (χ3n) is 3.00. The van der Waals surface area contributed by atoms with Crippen LogP contribution in [-0.2, 0) is 11.2 Å². The maximum absolute atomic E-state index is 11.6. The summed E-state index contributed by atoms with van der Waals surface area (Å²) in [4.78, 5) is 32.9. The first-order chi connectivity index (χ1) is 8.63. The number of carbonyl (C=O) groups excluding carboxylic acids is 1. The van der Waals surface area contributed by atoms with Gasteiger partial charge in [-0.05, 0) is 25.1 Å². The van der Waals surface area contributed by atoms with Crippen molar-refractivity contribution in [1.29, 1.82) is 0 Å². The summed E-state index contributed by atoms with van der Waals surface area (Å²) in [5, 5.41) is 0.807. The molecular weight excluding hydrogens is 270 g/mol. The second-order valence-electron chi connectivity index (χ2n) is 4.45. The minimum absolute atomic E-state index is 0.193. The van der Waals surface area contributed by atoms with Gasteiger partial charge in [-0.25, -0.2) is 4.99 Å². The van der Waals surface area contributed by atoms with E-state index in [1.54, 1.807) is 0 Å². The lowest BCUT2D eigenvalue weighted by molar-refractivity contribution is -0.117. The van der Waals surface area contributed by atoms with Crippen molar-refractivity contribution >= 4 is 40.6 Å². The Morgan fingerprint density at radius 3 is 2.94 bits per heavy atom. The molecule has 2 N–H and O–H groups in total. The lowest BCUT2D eigenvalue weighted by atomic mass is 10.3. The minimum atomic E-state index is -0.193. The normalized spacial score (nSPS) is 17.4. The Kier molecular flexibility index (Phi) is 2.95. The molecule has 1 fully saturated rings. The van der Waals surface area contributed by atoms with Gasteiger partial charge in [-0.3, -0.25) is 14.6 Å². The molecule has 18 heavy (non-hydrogen) atoms. The van der Waals surface area contributed by atoms with Crippen LogP contribution in [-0.4, -0.2) is 26.5 Å². The summed E-state index contributed by atoms with van der Waals surface area (Å²) in [6.07, 6.45) is 2.54. The van der Waals surface area contributed by atoms with Crippen LogP contribution in [0.3, 0.4) is 0 Å².